The topological polar surface area (TPSA) is 58.6 Å². The lowest BCUT2D eigenvalue weighted by Crippen LogP contribution is -2.51. The predicted octanol–water partition coefficient (Wildman–Crippen LogP) is 0.929. The standard InChI is InChI=1S/C14H24N2O3/c1-10(2)13(16-7-3-6-12(16)17)14(18)15-9-11-5-4-8-19-11/h10-11,13H,3-9H2,1-2H3,(H,15,18)/t11-,13?/m1/s1. The average Bonchev–Trinajstić information content (AvgIpc) is 2.99. The Morgan fingerprint density at radius 2 is 2.26 bits per heavy atom. The van der Waals surface area contributed by atoms with E-state index in [0.29, 0.717) is 19.5 Å². The summed E-state index contributed by atoms with van der Waals surface area (Å²) in [5.74, 6) is 0.193. The quantitative estimate of drug-likeness (QED) is 0.807. The Morgan fingerprint density at radius 3 is 2.79 bits per heavy atom. The van der Waals surface area contributed by atoms with Crippen molar-refractivity contribution < 1.29 is 14.3 Å². The lowest BCUT2D eigenvalue weighted by molar-refractivity contribution is -0.139. The largest absolute Gasteiger partial charge is 0.376 e. The van der Waals surface area contributed by atoms with Crippen LogP contribution in [0.25, 0.3) is 0 Å². The van der Waals surface area contributed by atoms with Gasteiger partial charge in [-0.15, -0.1) is 0 Å². The Morgan fingerprint density at radius 1 is 1.47 bits per heavy atom. The van der Waals surface area contributed by atoms with Gasteiger partial charge < -0.3 is 15.0 Å². The molecular weight excluding hydrogens is 244 g/mol. The summed E-state index contributed by atoms with van der Waals surface area (Å²) in [4.78, 5) is 25.9. The molecule has 1 N–H and O–H groups in total. The van der Waals surface area contributed by atoms with Crippen molar-refractivity contribution in [2.75, 3.05) is 19.7 Å². The van der Waals surface area contributed by atoms with Crippen molar-refractivity contribution in [1.29, 1.82) is 0 Å². The van der Waals surface area contributed by atoms with Crippen LogP contribution in [0, 0.1) is 5.92 Å². The maximum Gasteiger partial charge on any atom is 0.243 e. The summed E-state index contributed by atoms with van der Waals surface area (Å²) in [6.07, 6.45) is 3.66. The van der Waals surface area contributed by atoms with Crippen molar-refractivity contribution in [2.24, 2.45) is 5.92 Å². The molecule has 0 aliphatic carbocycles. The van der Waals surface area contributed by atoms with Crippen molar-refractivity contribution in [3.63, 3.8) is 0 Å². The molecule has 2 saturated heterocycles. The molecule has 2 amide bonds. The number of likely N-dealkylation sites (tertiary alicyclic amines) is 1. The molecule has 0 spiro atoms. The van der Waals surface area contributed by atoms with Gasteiger partial charge >= 0.3 is 0 Å². The van der Waals surface area contributed by atoms with Crippen molar-refractivity contribution in [2.45, 2.75) is 51.7 Å². The average molecular weight is 268 g/mol. The van der Waals surface area contributed by atoms with Crippen LogP contribution in [0.1, 0.15) is 39.5 Å². The fourth-order valence-electron chi connectivity index (χ4n) is 2.89. The van der Waals surface area contributed by atoms with Crippen LogP contribution < -0.4 is 5.32 Å². The zero-order chi connectivity index (χ0) is 13.8. The lowest BCUT2D eigenvalue weighted by atomic mass is 10.0. The van der Waals surface area contributed by atoms with Gasteiger partial charge in [0.25, 0.3) is 0 Å². The molecule has 5 nitrogen and oxygen atoms in total. The van der Waals surface area contributed by atoms with Gasteiger partial charge in [0, 0.05) is 26.1 Å². The van der Waals surface area contributed by atoms with E-state index in [0.717, 1.165) is 25.9 Å². The molecule has 0 radical (unpaired) electrons. The van der Waals surface area contributed by atoms with Crippen LogP contribution in [0.2, 0.25) is 0 Å². The number of hydrogen-bond acceptors (Lipinski definition) is 3. The number of ether oxygens (including phenoxy) is 1. The Hall–Kier alpha value is -1.10. The molecule has 0 aromatic carbocycles. The van der Waals surface area contributed by atoms with Crippen LogP contribution in [-0.4, -0.2) is 48.6 Å². The highest BCUT2D eigenvalue weighted by atomic mass is 16.5. The molecule has 0 aromatic heterocycles. The van der Waals surface area contributed by atoms with Gasteiger partial charge in [0.15, 0.2) is 0 Å². The highest BCUT2D eigenvalue weighted by Gasteiger charge is 2.35. The maximum absolute atomic E-state index is 12.3. The van der Waals surface area contributed by atoms with Crippen molar-refractivity contribution in [3.8, 4) is 0 Å². The highest BCUT2D eigenvalue weighted by Crippen LogP contribution is 2.19. The summed E-state index contributed by atoms with van der Waals surface area (Å²) in [6, 6.07) is -0.337. The number of carbonyl (C=O) groups excluding carboxylic acids is 2. The number of nitrogens with zero attached hydrogens (tertiary/aromatic N) is 1. The second-order valence-corrected chi connectivity index (χ2v) is 5.76. The van der Waals surface area contributed by atoms with Crippen molar-refractivity contribution in [3.05, 3.63) is 0 Å². The molecule has 2 atom stereocenters. The van der Waals surface area contributed by atoms with E-state index >= 15 is 0 Å². The van der Waals surface area contributed by atoms with Crippen LogP contribution in [0.3, 0.4) is 0 Å². The van der Waals surface area contributed by atoms with Gasteiger partial charge in [0.05, 0.1) is 6.10 Å². The van der Waals surface area contributed by atoms with E-state index in [1.807, 2.05) is 13.8 Å². The third-order valence-electron chi connectivity index (χ3n) is 3.87. The third-order valence-corrected chi connectivity index (χ3v) is 3.87. The predicted molar refractivity (Wildman–Crippen MR) is 71.6 cm³/mol. The molecule has 2 rings (SSSR count). The van der Waals surface area contributed by atoms with E-state index in [2.05, 4.69) is 5.32 Å². The first kappa shape index (κ1) is 14.3. The number of rotatable bonds is 5. The summed E-state index contributed by atoms with van der Waals surface area (Å²) in [5, 5.41) is 2.95. The van der Waals surface area contributed by atoms with Gasteiger partial charge in [0.2, 0.25) is 11.8 Å². The lowest BCUT2D eigenvalue weighted by Gasteiger charge is -2.30. The normalized spacial score (nSPS) is 25.1. The minimum Gasteiger partial charge on any atom is -0.376 e. The summed E-state index contributed by atoms with van der Waals surface area (Å²) >= 11 is 0. The fraction of sp³-hybridized carbons (Fsp3) is 0.857. The molecule has 2 heterocycles. The van der Waals surface area contributed by atoms with E-state index in [1.165, 1.54) is 0 Å². The van der Waals surface area contributed by atoms with Crippen LogP contribution in [0.5, 0.6) is 0 Å². The number of amides is 2. The van der Waals surface area contributed by atoms with Crippen LogP contribution in [0.4, 0.5) is 0 Å². The first-order valence-corrected chi connectivity index (χ1v) is 7.28. The van der Waals surface area contributed by atoms with Crippen LogP contribution in [-0.2, 0) is 14.3 Å². The third kappa shape index (κ3) is 3.47. The first-order chi connectivity index (χ1) is 9.09. The molecule has 2 fully saturated rings. The molecule has 108 valence electrons. The Bertz CT molecular complexity index is 338. The van der Waals surface area contributed by atoms with Crippen molar-refractivity contribution >= 4 is 11.8 Å². The molecule has 2 aliphatic heterocycles. The molecule has 0 aromatic rings. The smallest absolute Gasteiger partial charge is 0.243 e. The summed E-state index contributed by atoms with van der Waals surface area (Å²) in [6.45, 7) is 6.03. The first-order valence-electron chi connectivity index (χ1n) is 7.28. The van der Waals surface area contributed by atoms with E-state index in [1.54, 1.807) is 4.90 Å². The van der Waals surface area contributed by atoms with Crippen LogP contribution in [0.15, 0.2) is 0 Å². The number of nitrogens with one attached hydrogen (secondary N) is 1. The molecule has 1 unspecified atom stereocenters. The summed E-state index contributed by atoms with van der Waals surface area (Å²) in [7, 11) is 0. The zero-order valence-electron chi connectivity index (χ0n) is 11.9. The minimum atomic E-state index is -0.337. The second kappa shape index (κ2) is 6.37. The summed E-state index contributed by atoms with van der Waals surface area (Å²) < 4.78 is 5.49. The fourth-order valence-corrected chi connectivity index (χ4v) is 2.89. The monoisotopic (exact) mass is 268 g/mol. The van der Waals surface area contributed by atoms with Gasteiger partial charge in [-0.3, -0.25) is 9.59 Å². The Kier molecular flexibility index (Phi) is 4.80. The van der Waals surface area contributed by atoms with Gasteiger partial charge in [-0.1, -0.05) is 13.8 Å². The molecule has 0 bridgehead atoms. The van der Waals surface area contributed by atoms with Gasteiger partial charge in [0.1, 0.15) is 6.04 Å². The van der Waals surface area contributed by atoms with E-state index < -0.39 is 0 Å². The maximum atomic E-state index is 12.3. The Labute approximate surface area is 114 Å². The van der Waals surface area contributed by atoms with Crippen molar-refractivity contribution in [1.82, 2.24) is 10.2 Å². The zero-order valence-corrected chi connectivity index (χ0v) is 11.9. The second-order valence-electron chi connectivity index (χ2n) is 5.76. The van der Waals surface area contributed by atoms with E-state index in [4.69, 9.17) is 4.74 Å². The van der Waals surface area contributed by atoms with E-state index in [-0.39, 0.29) is 29.9 Å². The Balaban J connectivity index is 1.90. The molecule has 19 heavy (non-hydrogen) atoms. The minimum absolute atomic E-state index is 0.0410. The summed E-state index contributed by atoms with van der Waals surface area (Å²) in [5.41, 5.74) is 0. The van der Waals surface area contributed by atoms with E-state index in [9.17, 15) is 9.59 Å². The van der Waals surface area contributed by atoms with Crippen LogP contribution >= 0.6 is 0 Å². The molecule has 0 saturated carbocycles. The SMILES string of the molecule is CC(C)C(C(=O)NC[C@H]1CCCO1)N1CCCC1=O. The highest BCUT2D eigenvalue weighted by molar-refractivity contribution is 5.88. The molecular formula is C14H24N2O3. The van der Waals surface area contributed by atoms with Gasteiger partial charge in [-0.25, -0.2) is 0 Å². The number of carbonyl (C=O) groups is 2. The number of hydrogen-bond donors (Lipinski definition) is 1. The molecule has 5 heteroatoms. The molecule has 2 aliphatic rings. The van der Waals surface area contributed by atoms with Gasteiger partial charge in [-0.05, 0) is 25.2 Å². The van der Waals surface area contributed by atoms with Gasteiger partial charge in [-0.2, -0.15) is 0 Å².